The largest absolute Gasteiger partial charge is 0.493 e. The number of hydrogen-bond donors (Lipinski definition) is 0. The summed E-state index contributed by atoms with van der Waals surface area (Å²) in [6, 6.07) is 13.3. The quantitative estimate of drug-likeness (QED) is 0.766. The van der Waals surface area contributed by atoms with Crippen LogP contribution in [-0.4, -0.2) is 12.4 Å². The van der Waals surface area contributed by atoms with Crippen molar-refractivity contribution in [2.75, 3.05) is 6.61 Å². The fourth-order valence-corrected chi connectivity index (χ4v) is 1.79. The minimum Gasteiger partial charge on any atom is -0.493 e. The van der Waals surface area contributed by atoms with Crippen LogP contribution in [0.2, 0.25) is 0 Å². The second-order valence-corrected chi connectivity index (χ2v) is 4.41. The lowest BCUT2D eigenvalue weighted by atomic mass is 10.1. The first-order chi connectivity index (χ1) is 9.97. The van der Waals surface area contributed by atoms with Gasteiger partial charge in [-0.1, -0.05) is 30.3 Å². The summed E-state index contributed by atoms with van der Waals surface area (Å²) >= 11 is 0. The summed E-state index contributed by atoms with van der Waals surface area (Å²) < 4.78 is 43.1. The van der Waals surface area contributed by atoms with Crippen LogP contribution in [-0.2, 0) is 6.18 Å². The summed E-state index contributed by atoms with van der Waals surface area (Å²) in [7, 11) is 0. The molecular weight excluding hydrogens is 281 g/mol. The maximum Gasteiger partial charge on any atom is 0.416 e. The van der Waals surface area contributed by atoms with Crippen LogP contribution in [0.1, 0.15) is 22.3 Å². The van der Waals surface area contributed by atoms with Gasteiger partial charge in [0.05, 0.1) is 12.2 Å². The van der Waals surface area contributed by atoms with Crippen LogP contribution >= 0.6 is 0 Å². The molecule has 2 nitrogen and oxygen atoms in total. The second-order valence-electron chi connectivity index (χ2n) is 4.41. The molecule has 0 saturated heterocycles. The van der Waals surface area contributed by atoms with Crippen molar-refractivity contribution in [2.24, 2.45) is 0 Å². The van der Waals surface area contributed by atoms with Crippen molar-refractivity contribution in [3.05, 3.63) is 65.7 Å². The Morgan fingerprint density at radius 3 is 2.38 bits per heavy atom. The van der Waals surface area contributed by atoms with Crippen LogP contribution in [0.5, 0.6) is 5.75 Å². The molecule has 0 aliphatic carbocycles. The number of rotatable bonds is 5. The van der Waals surface area contributed by atoms with Gasteiger partial charge in [-0.15, -0.1) is 0 Å². The lowest BCUT2D eigenvalue weighted by Gasteiger charge is -2.09. The number of ketones is 1. The van der Waals surface area contributed by atoms with E-state index in [4.69, 9.17) is 4.74 Å². The van der Waals surface area contributed by atoms with Gasteiger partial charge in [-0.3, -0.25) is 4.79 Å². The molecule has 0 aromatic heterocycles. The van der Waals surface area contributed by atoms with Crippen molar-refractivity contribution in [1.29, 1.82) is 0 Å². The average molecular weight is 294 g/mol. The molecule has 0 bridgehead atoms. The molecule has 0 N–H and O–H groups in total. The number of halogens is 3. The summed E-state index contributed by atoms with van der Waals surface area (Å²) in [5.74, 6) is 0.242. The minimum atomic E-state index is -4.45. The Bertz CT molecular complexity index is 606. The van der Waals surface area contributed by atoms with Gasteiger partial charge in [-0.25, -0.2) is 0 Å². The minimum absolute atomic E-state index is 0.0240. The zero-order valence-electron chi connectivity index (χ0n) is 11.1. The lowest BCUT2D eigenvalue weighted by molar-refractivity contribution is -0.137. The number of benzene rings is 2. The Labute approximate surface area is 120 Å². The zero-order valence-corrected chi connectivity index (χ0v) is 11.1. The molecule has 0 aliphatic heterocycles. The van der Waals surface area contributed by atoms with E-state index in [9.17, 15) is 18.0 Å². The van der Waals surface area contributed by atoms with Crippen molar-refractivity contribution < 1.29 is 22.7 Å². The highest BCUT2D eigenvalue weighted by Gasteiger charge is 2.30. The Kier molecular flexibility index (Phi) is 4.62. The third-order valence-corrected chi connectivity index (χ3v) is 2.85. The van der Waals surface area contributed by atoms with Gasteiger partial charge in [0, 0.05) is 12.0 Å². The van der Waals surface area contributed by atoms with E-state index >= 15 is 0 Å². The third kappa shape index (κ3) is 4.34. The first kappa shape index (κ1) is 15.1. The molecule has 0 heterocycles. The van der Waals surface area contributed by atoms with Crippen LogP contribution in [0.4, 0.5) is 13.2 Å². The molecule has 0 saturated carbocycles. The molecule has 110 valence electrons. The number of ether oxygens (including phenoxy) is 1. The third-order valence-electron chi connectivity index (χ3n) is 2.85. The molecule has 0 fully saturated rings. The fraction of sp³-hybridized carbons (Fsp3) is 0.188. The molecule has 0 atom stereocenters. The monoisotopic (exact) mass is 294 g/mol. The van der Waals surface area contributed by atoms with Crippen LogP contribution in [0.25, 0.3) is 0 Å². The molecule has 0 radical (unpaired) electrons. The van der Waals surface area contributed by atoms with E-state index in [0.717, 1.165) is 12.1 Å². The highest BCUT2D eigenvalue weighted by atomic mass is 19.4. The summed E-state index contributed by atoms with van der Waals surface area (Å²) in [6.07, 6.45) is -4.42. The second kappa shape index (κ2) is 6.43. The molecule has 0 amide bonds. The number of carbonyl (C=O) groups is 1. The number of carbonyl (C=O) groups excluding carboxylic acids is 1. The van der Waals surface area contributed by atoms with Gasteiger partial charge < -0.3 is 4.74 Å². The molecular formula is C16H13F3O2. The maximum atomic E-state index is 12.6. The number of para-hydroxylation sites is 1. The molecule has 0 spiro atoms. The number of hydrogen-bond acceptors (Lipinski definition) is 2. The first-order valence-corrected chi connectivity index (χ1v) is 6.35. The van der Waals surface area contributed by atoms with Crippen molar-refractivity contribution in [3.63, 3.8) is 0 Å². The topological polar surface area (TPSA) is 26.3 Å². The summed E-state index contributed by atoms with van der Waals surface area (Å²) in [4.78, 5) is 11.9. The highest BCUT2D eigenvalue weighted by molar-refractivity contribution is 5.96. The lowest BCUT2D eigenvalue weighted by Crippen LogP contribution is -2.10. The molecule has 2 aromatic carbocycles. The van der Waals surface area contributed by atoms with Gasteiger partial charge in [0.2, 0.25) is 0 Å². The normalized spacial score (nSPS) is 11.2. The molecule has 2 aromatic rings. The molecule has 5 heteroatoms. The van der Waals surface area contributed by atoms with Gasteiger partial charge in [0.15, 0.2) is 5.78 Å². The predicted octanol–water partition coefficient (Wildman–Crippen LogP) is 4.36. The van der Waals surface area contributed by atoms with E-state index in [1.807, 2.05) is 6.07 Å². The van der Waals surface area contributed by atoms with Crippen molar-refractivity contribution in [1.82, 2.24) is 0 Å². The Morgan fingerprint density at radius 2 is 1.71 bits per heavy atom. The van der Waals surface area contributed by atoms with E-state index in [1.54, 1.807) is 24.3 Å². The summed E-state index contributed by atoms with van der Waals surface area (Å²) in [6.45, 7) is 0.124. The summed E-state index contributed by atoms with van der Waals surface area (Å²) in [5, 5.41) is 0. The SMILES string of the molecule is O=C(CCOc1ccccc1)c1cccc(C(F)(F)F)c1. The van der Waals surface area contributed by atoms with Crippen LogP contribution in [0.3, 0.4) is 0 Å². The van der Waals surface area contributed by atoms with Gasteiger partial charge in [0.25, 0.3) is 0 Å². The number of Topliss-reactive ketones (excluding diaryl/α,β-unsaturated/α-hetero) is 1. The van der Waals surface area contributed by atoms with Crippen molar-refractivity contribution in [3.8, 4) is 5.75 Å². The Balaban J connectivity index is 1.95. The van der Waals surface area contributed by atoms with E-state index in [1.165, 1.54) is 12.1 Å². The van der Waals surface area contributed by atoms with E-state index in [0.29, 0.717) is 5.75 Å². The van der Waals surface area contributed by atoms with E-state index in [2.05, 4.69) is 0 Å². The zero-order chi connectivity index (χ0) is 15.3. The highest BCUT2D eigenvalue weighted by Crippen LogP contribution is 2.29. The Hall–Kier alpha value is -2.30. The molecule has 0 unspecified atom stereocenters. The van der Waals surface area contributed by atoms with Gasteiger partial charge in [-0.2, -0.15) is 13.2 Å². The Morgan fingerprint density at radius 1 is 1.00 bits per heavy atom. The molecule has 2 rings (SSSR count). The van der Waals surface area contributed by atoms with Crippen molar-refractivity contribution >= 4 is 5.78 Å². The van der Waals surface area contributed by atoms with Gasteiger partial charge in [-0.05, 0) is 24.3 Å². The van der Waals surface area contributed by atoms with Crippen molar-refractivity contribution in [2.45, 2.75) is 12.6 Å². The van der Waals surface area contributed by atoms with Crippen LogP contribution < -0.4 is 4.74 Å². The average Bonchev–Trinajstić information content (AvgIpc) is 2.47. The van der Waals surface area contributed by atoms with E-state index < -0.39 is 11.7 Å². The standard InChI is InChI=1S/C16H13F3O2/c17-16(18,19)13-6-4-5-12(11-13)15(20)9-10-21-14-7-2-1-3-8-14/h1-8,11H,9-10H2. The van der Waals surface area contributed by atoms with Gasteiger partial charge in [0.1, 0.15) is 5.75 Å². The van der Waals surface area contributed by atoms with Gasteiger partial charge >= 0.3 is 6.18 Å². The fourth-order valence-electron chi connectivity index (χ4n) is 1.79. The van der Waals surface area contributed by atoms with Crippen LogP contribution in [0.15, 0.2) is 54.6 Å². The smallest absolute Gasteiger partial charge is 0.416 e. The first-order valence-electron chi connectivity index (χ1n) is 6.35. The van der Waals surface area contributed by atoms with E-state index in [-0.39, 0.29) is 24.4 Å². The number of alkyl halides is 3. The maximum absolute atomic E-state index is 12.6. The predicted molar refractivity (Wildman–Crippen MR) is 72.3 cm³/mol. The molecule has 0 aliphatic rings. The summed E-state index contributed by atoms with van der Waals surface area (Å²) in [5.41, 5.74) is -0.779. The van der Waals surface area contributed by atoms with Crippen LogP contribution in [0, 0.1) is 0 Å². The molecule has 21 heavy (non-hydrogen) atoms.